The third-order valence-corrected chi connectivity index (χ3v) is 4.16. The van der Waals surface area contributed by atoms with E-state index in [0.717, 1.165) is 16.2 Å². The molecule has 0 amide bonds. The van der Waals surface area contributed by atoms with Crippen LogP contribution in [0.15, 0.2) is 60.8 Å². The normalized spacial score (nSPS) is 10.3. The van der Waals surface area contributed by atoms with E-state index in [2.05, 4.69) is 4.98 Å². The Kier molecular flexibility index (Phi) is 3.79. The van der Waals surface area contributed by atoms with E-state index in [4.69, 9.17) is 4.74 Å². The Bertz CT molecular complexity index is 748. The summed E-state index contributed by atoms with van der Waals surface area (Å²) in [5.41, 5.74) is 1.69. The Morgan fingerprint density at radius 2 is 1.76 bits per heavy atom. The van der Waals surface area contributed by atoms with Gasteiger partial charge in [-0.05, 0) is 29.8 Å². The first-order valence-electron chi connectivity index (χ1n) is 6.48. The molecule has 3 rings (SSSR count). The zero-order chi connectivity index (χ0) is 14.7. The first-order chi connectivity index (χ1) is 10.3. The average molecular weight is 295 g/mol. The van der Waals surface area contributed by atoms with Crippen molar-refractivity contribution >= 4 is 17.1 Å². The van der Waals surface area contributed by atoms with Crippen molar-refractivity contribution in [2.24, 2.45) is 0 Å². The predicted molar refractivity (Wildman–Crippen MR) is 84.0 cm³/mol. The molecule has 0 N–H and O–H groups in total. The molecule has 1 heterocycles. The lowest BCUT2D eigenvalue weighted by molar-refractivity contribution is 0.103. The molecule has 21 heavy (non-hydrogen) atoms. The van der Waals surface area contributed by atoms with Crippen molar-refractivity contribution in [3.63, 3.8) is 0 Å². The summed E-state index contributed by atoms with van der Waals surface area (Å²) in [6, 6.07) is 17.0. The third-order valence-electron chi connectivity index (χ3n) is 3.11. The maximum atomic E-state index is 12.4. The van der Waals surface area contributed by atoms with Crippen LogP contribution in [0.1, 0.15) is 15.4 Å². The molecule has 1 aromatic heterocycles. The van der Waals surface area contributed by atoms with Crippen molar-refractivity contribution in [2.75, 3.05) is 7.11 Å². The van der Waals surface area contributed by atoms with Gasteiger partial charge in [-0.3, -0.25) is 4.79 Å². The highest BCUT2D eigenvalue weighted by Gasteiger charge is 2.14. The molecule has 0 spiro atoms. The second kappa shape index (κ2) is 5.89. The number of methoxy groups -OCH3 is 1. The highest BCUT2D eigenvalue weighted by molar-refractivity contribution is 7.17. The molecule has 2 aromatic carbocycles. The summed E-state index contributed by atoms with van der Waals surface area (Å²) < 4.78 is 5.09. The van der Waals surface area contributed by atoms with Gasteiger partial charge in [0.15, 0.2) is 5.01 Å². The molecule has 0 aliphatic heterocycles. The van der Waals surface area contributed by atoms with Gasteiger partial charge in [-0.15, -0.1) is 11.3 Å². The fourth-order valence-corrected chi connectivity index (χ4v) is 2.86. The van der Waals surface area contributed by atoms with Gasteiger partial charge >= 0.3 is 0 Å². The molecule has 0 aliphatic rings. The van der Waals surface area contributed by atoms with Gasteiger partial charge in [0, 0.05) is 11.8 Å². The van der Waals surface area contributed by atoms with Crippen LogP contribution in [0.25, 0.3) is 10.4 Å². The molecular formula is C17H13NO2S. The highest BCUT2D eigenvalue weighted by Crippen LogP contribution is 2.27. The minimum absolute atomic E-state index is 0.0650. The summed E-state index contributed by atoms with van der Waals surface area (Å²) in [4.78, 5) is 17.6. The van der Waals surface area contributed by atoms with Crippen molar-refractivity contribution in [3.8, 4) is 16.2 Å². The lowest BCUT2D eigenvalue weighted by Gasteiger charge is -2.00. The molecule has 0 radical (unpaired) electrons. The van der Waals surface area contributed by atoms with Crippen LogP contribution < -0.4 is 4.74 Å². The minimum Gasteiger partial charge on any atom is -0.497 e. The number of nitrogens with zero attached hydrogens (tertiary/aromatic N) is 1. The zero-order valence-electron chi connectivity index (χ0n) is 11.4. The molecule has 0 aliphatic carbocycles. The van der Waals surface area contributed by atoms with E-state index in [0.29, 0.717) is 10.6 Å². The lowest BCUT2D eigenvalue weighted by Crippen LogP contribution is -1.99. The number of rotatable bonds is 4. The number of carbonyl (C=O) groups excluding carboxylic acids is 1. The molecule has 3 nitrogen and oxygen atoms in total. The van der Waals surface area contributed by atoms with Crippen LogP contribution in [-0.4, -0.2) is 17.9 Å². The standard InChI is InChI=1S/C17H13NO2S/c1-20-14-9-7-13(8-10-14)16(19)17-18-11-15(21-17)12-5-3-2-4-6-12/h2-11H,1H3. The number of carbonyl (C=O) groups is 1. The smallest absolute Gasteiger partial charge is 0.221 e. The number of thiazole rings is 1. The monoisotopic (exact) mass is 295 g/mol. The lowest BCUT2D eigenvalue weighted by atomic mass is 10.1. The Labute approximate surface area is 126 Å². The average Bonchev–Trinajstić information content (AvgIpc) is 3.05. The molecule has 0 atom stereocenters. The van der Waals surface area contributed by atoms with Crippen LogP contribution >= 0.6 is 11.3 Å². The number of hydrogen-bond donors (Lipinski definition) is 0. The van der Waals surface area contributed by atoms with Crippen molar-refractivity contribution < 1.29 is 9.53 Å². The SMILES string of the molecule is COc1ccc(C(=O)c2ncc(-c3ccccc3)s2)cc1. The molecule has 0 bridgehead atoms. The van der Waals surface area contributed by atoms with E-state index < -0.39 is 0 Å². The molecule has 0 saturated carbocycles. The van der Waals surface area contributed by atoms with Crippen molar-refractivity contribution in [3.05, 3.63) is 71.4 Å². The third kappa shape index (κ3) is 2.85. The topological polar surface area (TPSA) is 39.2 Å². The number of ether oxygens (including phenoxy) is 1. The molecule has 104 valence electrons. The summed E-state index contributed by atoms with van der Waals surface area (Å²) in [5, 5.41) is 0.499. The summed E-state index contributed by atoms with van der Waals surface area (Å²) in [5.74, 6) is 0.667. The summed E-state index contributed by atoms with van der Waals surface area (Å²) in [6.07, 6.45) is 1.75. The first-order valence-corrected chi connectivity index (χ1v) is 7.29. The van der Waals surface area contributed by atoms with Crippen molar-refractivity contribution in [1.29, 1.82) is 0 Å². The summed E-state index contributed by atoms with van der Waals surface area (Å²) in [6.45, 7) is 0. The van der Waals surface area contributed by atoms with Gasteiger partial charge in [0.1, 0.15) is 5.75 Å². The van der Waals surface area contributed by atoms with Crippen LogP contribution in [-0.2, 0) is 0 Å². The van der Waals surface area contributed by atoms with E-state index in [1.165, 1.54) is 11.3 Å². The summed E-state index contributed by atoms with van der Waals surface area (Å²) in [7, 11) is 1.60. The van der Waals surface area contributed by atoms with E-state index >= 15 is 0 Å². The van der Waals surface area contributed by atoms with Crippen LogP contribution in [0.5, 0.6) is 5.75 Å². The molecule has 0 fully saturated rings. The van der Waals surface area contributed by atoms with Gasteiger partial charge in [-0.25, -0.2) is 4.98 Å². The van der Waals surface area contributed by atoms with Crippen LogP contribution in [0.2, 0.25) is 0 Å². The van der Waals surface area contributed by atoms with Crippen LogP contribution in [0.4, 0.5) is 0 Å². The van der Waals surface area contributed by atoms with Crippen molar-refractivity contribution in [2.45, 2.75) is 0 Å². The second-order valence-electron chi connectivity index (χ2n) is 4.45. The zero-order valence-corrected chi connectivity index (χ0v) is 12.3. The Balaban J connectivity index is 1.87. The Morgan fingerprint density at radius 3 is 2.43 bits per heavy atom. The first kappa shape index (κ1) is 13.5. The van der Waals surface area contributed by atoms with E-state index in [1.54, 1.807) is 37.6 Å². The van der Waals surface area contributed by atoms with Gasteiger partial charge in [-0.1, -0.05) is 30.3 Å². The fourth-order valence-electron chi connectivity index (χ4n) is 1.98. The van der Waals surface area contributed by atoms with E-state index in [-0.39, 0.29) is 5.78 Å². The van der Waals surface area contributed by atoms with Crippen LogP contribution in [0, 0.1) is 0 Å². The van der Waals surface area contributed by atoms with Gasteiger partial charge in [-0.2, -0.15) is 0 Å². The highest BCUT2D eigenvalue weighted by atomic mass is 32.1. The van der Waals surface area contributed by atoms with Gasteiger partial charge in [0.2, 0.25) is 5.78 Å². The maximum Gasteiger partial charge on any atom is 0.221 e. The number of ketones is 1. The van der Waals surface area contributed by atoms with Crippen LogP contribution in [0.3, 0.4) is 0 Å². The summed E-state index contributed by atoms with van der Waals surface area (Å²) >= 11 is 1.41. The largest absolute Gasteiger partial charge is 0.497 e. The van der Waals surface area contributed by atoms with E-state index in [1.807, 2.05) is 30.3 Å². The fraction of sp³-hybridized carbons (Fsp3) is 0.0588. The molecular weight excluding hydrogens is 282 g/mol. The molecule has 4 heteroatoms. The number of aromatic nitrogens is 1. The maximum absolute atomic E-state index is 12.4. The number of benzene rings is 2. The minimum atomic E-state index is -0.0650. The van der Waals surface area contributed by atoms with Gasteiger partial charge < -0.3 is 4.74 Å². The Morgan fingerprint density at radius 1 is 1.05 bits per heavy atom. The van der Waals surface area contributed by atoms with Gasteiger partial charge in [0.05, 0.1) is 12.0 Å². The molecule has 0 unspecified atom stereocenters. The van der Waals surface area contributed by atoms with Gasteiger partial charge in [0.25, 0.3) is 0 Å². The van der Waals surface area contributed by atoms with Crippen molar-refractivity contribution in [1.82, 2.24) is 4.98 Å². The Hall–Kier alpha value is -2.46. The molecule has 0 saturated heterocycles. The second-order valence-corrected chi connectivity index (χ2v) is 5.48. The quantitative estimate of drug-likeness (QED) is 0.682. The van der Waals surface area contributed by atoms with E-state index in [9.17, 15) is 4.79 Å². The number of hydrogen-bond acceptors (Lipinski definition) is 4. The predicted octanol–water partition coefficient (Wildman–Crippen LogP) is 4.05. The molecule has 3 aromatic rings.